The van der Waals surface area contributed by atoms with Gasteiger partial charge in [0.25, 0.3) is 11.6 Å². The molecule has 0 radical (unpaired) electrons. The van der Waals surface area contributed by atoms with Gasteiger partial charge in [0.15, 0.2) is 0 Å². The summed E-state index contributed by atoms with van der Waals surface area (Å²) in [6, 6.07) is 16.2. The van der Waals surface area contributed by atoms with Gasteiger partial charge < -0.3 is 10.1 Å². The van der Waals surface area contributed by atoms with E-state index in [1.165, 1.54) is 29.5 Å². The van der Waals surface area contributed by atoms with E-state index >= 15 is 0 Å². The highest BCUT2D eigenvalue weighted by molar-refractivity contribution is 7.10. The van der Waals surface area contributed by atoms with Crippen LogP contribution in [0.5, 0.6) is 11.5 Å². The zero-order chi connectivity index (χ0) is 22.5. The molecular formula is C23H18N4O4S. The van der Waals surface area contributed by atoms with Gasteiger partial charge in [-0.1, -0.05) is 18.2 Å². The smallest absolute Gasteiger partial charge is 0.270 e. The zero-order valence-electron chi connectivity index (χ0n) is 17.0. The highest BCUT2D eigenvalue weighted by Crippen LogP contribution is 2.30. The fourth-order valence-electron chi connectivity index (χ4n) is 2.98. The number of benzene rings is 2. The second-order valence-corrected chi connectivity index (χ2v) is 7.75. The van der Waals surface area contributed by atoms with Gasteiger partial charge in [-0.3, -0.25) is 19.9 Å². The first-order valence-electron chi connectivity index (χ1n) is 9.69. The Morgan fingerprint density at radius 3 is 2.69 bits per heavy atom. The SMILES string of the molecule is CC(NC(=O)c1cc([N+](=O)[O-])ccc1Oc1ccccc1)c1nc(-c2cccnc2)cs1. The van der Waals surface area contributed by atoms with Crippen molar-refractivity contribution in [2.45, 2.75) is 13.0 Å². The molecule has 0 aliphatic carbocycles. The Morgan fingerprint density at radius 2 is 1.97 bits per heavy atom. The van der Waals surface area contributed by atoms with Crippen molar-refractivity contribution >= 4 is 22.9 Å². The molecule has 0 bridgehead atoms. The fourth-order valence-corrected chi connectivity index (χ4v) is 3.82. The van der Waals surface area contributed by atoms with Crippen LogP contribution >= 0.6 is 11.3 Å². The average molecular weight is 446 g/mol. The lowest BCUT2D eigenvalue weighted by molar-refractivity contribution is -0.384. The molecule has 2 aromatic carbocycles. The molecule has 1 N–H and O–H groups in total. The van der Waals surface area contributed by atoms with Gasteiger partial charge in [-0.15, -0.1) is 11.3 Å². The molecule has 0 saturated carbocycles. The Balaban J connectivity index is 1.57. The Bertz CT molecular complexity index is 1250. The molecule has 8 nitrogen and oxygen atoms in total. The number of aromatic nitrogens is 2. The van der Waals surface area contributed by atoms with Crippen LogP contribution in [0, 0.1) is 10.1 Å². The molecule has 0 saturated heterocycles. The van der Waals surface area contributed by atoms with E-state index in [0.29, 0.717) is 10.8 Å². The lowest BCUT2D eigenvalue weighted by Gasteiger charge is -2.14. The number of nitro groups is 1. The Hall–Kier alpha value is -4.11. The van der Waals surface area contributed by atoms with Gasteiger partial charge in [0.1, 0.15) is 16.5 Å². The number of pyridine rings is 1. The van der Waals surface area contributed by atoms with Crippen LogP contribution in [-0.2, 0) is 0 Å². The first-order valence-corrected chi connectivity index (χ1v) is 10.6. The summed E-state index contributed by atoms with van der Waals surface area (Å²) in [5, 5.41) is 16.7. The van der Waals surface area contributed by atoms with E-state index < -0.39 is 16.9 Å². The molecule has 160 valence electrons. The van der Waals surface area contributed by atoms with Gasteiger partial charge in [-0.25, -0.2) is 4.98 Å². The summed E-state index contributed by atoms with van der Waals surface area (Å²) in [6.45, 7) is 1.80. The third-order valence-corrected chi connectivity index (χ3v) is 5.61. The third-order valence-electron chi connectivity index (χ3n) is 4.59. The molecule has 0 spiro atoms. The van der Waals surface area contributed by atoms with Crippen molar-refractivity contribution in [3.05, 3.63) is 99.1 Å². The van der Waals surface area contributed by atoms with Crippen LogP contribution < -0.4 is 10.1 Å². The molecule has 4 rings (SSSR count). The minimum atomic E-state index is -0.548. The zero-order valence-corrected chi connectivity index (χ0v) is 17.8. The molecule has 32 heavy (non-hydrogen) atoms. The number of amides is 1. The quantitative estimate of drug-likeness (QED) is 0.301. The lowest BCUT2D eigenvalue weighted by Crippen LogP contribution is -2.27. The van der Waals surface area contributed by atoms with Crippen molar-refractivity contribution in [1.82, 2.24) is 15.3 Å². The number of carbonyl (C=O) groups excluding carboxylic acids is 1. The predicted molar refractivity (Wildman–Crippen MR) is 121 cm³/mol. The first kappa shape index (κ1) is 21.1. The summed E-state index contributed by atoms with van der Waals surface area (Å²) >= 11 is 1.41. The monoisotopic (exact) mass is 446 g/mol. The van der Waals surface area contributed by atoms with Gasteiger partial charge in [0, 0.05) is 35.5 Å². The van der Waals surface area contributed by atoms with Crippen molar-refractivity contribution in [3.8, 4) is 22.8 Å². The van der Waals surface area contributed by atoms with Crippen LogP contribution in [0.1, 0.15) is 28.3 Å². The maximum absolute atomic E-state index is 13.0. The molecule has 1 unspecified atom stereocenters. The minimum Gasteiger partial charge on any atom is -0.457 e. The Kier molecular flexibility index (Phi) is 6.18. The number of nitrogens with zero attached hydrogens (tertiary/aromatic N) is 3. The number of carbonyl (C=O) groups is 1. The fraction of sp³-hybridized carbons (Fsp3) is 0.0870. The van der Waals surface area contributed by atoms with E-state index in [0.717, 1.165) is 11.3 Å². The molecule has 0 aliphatic heterocycles. The maximum atomic E-state index is 13.0. The van der Waals surface area contributed by atoms with Crippen LogP contribution in [0.2, 0.25) is 0 Å². The van der Waals surface area contributed by atoms with Crippen molar-refractivity contribution in [2.75, 3.05) is 0 Å². The summed E-state index contributed by atoms with van der Waals surface area (Å²) in [5.74, 6) is 0.247. The number of hydrogen-bond acceptors (Lipinski definition) is 7. The predicted octanol–water partition coefficient (Wildman–Crippen LogP) is 5.40. The van der Waals surface area contributed by atoms with Crippen LogP contribution in [-0.4, -0.2) is 20.8 Å². The summed E-state index contributed by atoms with van der Waals surface area (Å²) in [5.41, 5.74) is 1.52. The lowest BCUT2D eigenvalue weighted by atomic mass is 10.1. The highest BCUT2D eigenvalue weighted by atomic mass is 32.1. The van der Waals surface area contributed by atoms with Crippen LogP contribution in [0.25, 0.3) is 11.3 Å². The van der Waals surface area contributed by atoms with E-state index in [4.69, 9.17) is 4.74 Å². The topological polar surface area (TPSA) is 107 Å². The molecule has 2 heterocycles. The van der Waals surface area contributed by atoms with Crippen molar-refractivity contribution in [3.63, 3.8) is 0 Å². The summed E-state index contributed by atoms with van der Waals surface area (Å²) in [6.07, 6.45) is 3.41. The van der Waals surface area contributed by atoms with E-state index in [9.17, 15) is 14.9 Å². The number of thiazole rings is 1. The van der Waals surface area contributed by atoms with Crippen LogP contribution in [0.4, 0.5) is 5.69 Å². The second-order valence-electron chi connectivity index (χ2n) is 6.86. The second kappa shape index (κ2) is 9.36. The molecular weight excluding hydrogens is 428 g/mol. The van der Waals surface area contributed by atoms with Gasteiger partial charge in [0.05, 0.1) is 22.2 Å². The first-order chi connectivity index (χ1) is 15.5. The number of nitro benzene ring substituents is 1. The number of rotatable bonds is 7. The van der Waals surface area contributed by atoms with Gasteiger partial charge in [0.2, 0.25) is 0 Å². The van der Waals surface area contributed by atoms with E-state index in [-0.39, 0.29) is 17.0 Å². The van der Waals surface area contributed by atoms with E-state index in [1.54, 1.807) is 43.6 Å². The van der Waals surface area contributed by atoms with Crippen LogP contribution in [0.15, 0.2) is 78.4 Å². The number of ether oxygens (including phenoxy) is 1. The van der Waals surface area contributed by atoms with Gasteiger partial charge in [-0.05, 0) is 37.3 Å². The molecule has 2 aromatic heterocycles. The summed E-state index contributed by atoms with van der Waals surface area (Å²) in [7, 11) is 0. The number of non-ortho nitro benzene ring substituents is 1. The molecule has 0 fully saturated rings. The molecule has 4 aromatic rings. The summed E-state index contributed by atoms with van der Waals surface area (Å²) < 4.78 is 5.81. The largest absolute Gasteiger partial charge is 0.457 e. The van der Waals surface area contributed by atoms with E-state index in [2.05, 4.69) is 15.3 Å². The Morgan fingerprint density at radius 1 is 1.16 bits per heavy atom. The molecule has 9 heteroatoms. The number of para-hydroxylation sites is 1. The van der Waals surface area contributed by atoms with Crippen LogP contribution in [0.3, 0.4) is 0 Å². The van der Waals surface area contributed by atoms with Gasteiger partial charge >= 0.3 is 0 Å². The minimum absolute atomic E-state index is 0.0685. The van der Waals surface area contributed by atoms with Gasteiger partial charge in [-0.2, -0.15) is 0 Å². The highest BCUT2D eigenvalue weighted by Gasteiger charge is 2.21. The average Bonchev–Trinajstić information content (AvgIpc) is 3.31. The van der Waals surface area contributed by atoms with Crippen molar-refractivity contribution in [1.29, 1.82) is 0 Å². The maximum Gasteiger partial charge on any atom is 0.270 e. The molecule has 1 atom stereocenters. The molecule has 0 aliphatic rings. The summed E-state index contributed by atoms with van der Waals surface area (Å²) in [4.78, 5) is 32.4. The molecule has 1 amide bonds. The third kappa shape index (κ3) is 4.79. The van der Waals surface area contributed by atoms with E-state index in [1.807, 2.05) is 23.6 Å². The number of nitrogens with one attached hydrogen (secondary N) is 1. The van der Waals surface area contributed by atoms with Crippen molar-refractivity contribution < 1.29 is 14.5 Å². The normalized spacial score (nSPS) is 11.5. The number of hydrogen-bond donors (Lipinski definition) is 1. The Labute approximate surface area is 187 Å². The standard InChI is InChI=1S/C23H18N4O4S/c1-15(23-26-20(14-32-23)16-6-5-11-24-13-16)25-22(28)19-12-17(27(29)30)9-10-21(19)31-18-7-3-2-4-8-18/h2-15H,1H3,(H,25,28). The van der Waals surface area contributed by atoms with Crippen molar-refractivity contribution in [2.24, 2.45) is 0 Å².